The van der Waals surface area contributed by atoms with Crippen molar-refractivity contribution in [3.63, 3.8) is 0 Å². The minimum Gasteiger partial charge on any atom is -0.319 e. The van der Waals surface area contributed by atoms with E-state index in [1.165, 1.54) is 77.0 Å². The first kappa shape index (κ1) is 19.1. The molecule has 1 unspecified atom stereocenters. The van der Waals surface area contributed by atoms with E-state index in [2.05, 4.69) is 19.1 Å². The predicted octanol–water partition coefficient (Wildman–Crippen LogP) is 6.12. The molecule has 2 heteroatoms. The van der Waals surface area contributed by atoms with E-state index in [-0.39, 0.29) is 5.37 Å². The van der Waals surface area contributed by atoms with Gasteiger partial charge in [-0.25, -0.2) is 0 Å². The van der Waals surface area contributed by atoms with Crippen molar-refractivity contribution in [2.24, 2.45) is 5.73 Å². The van der Waals surface area contributed by atoms with Gasteiger partial charge in [-0.05, 0) is 32.1 Å². The van der Waals surface area contributed by atoms with Crippen molar-refractivity contribution in [2.75, 3.05) is 0 Å². The average molecular weight is 285 g/mol. The van der Waals surface area contributed by atoms with Crippen LogP contribution in [0.5, 0.6) is 0 Å². The normalized spacial score (nSPS) is 13.2. The topological polar surface area (TPSA) is 26.0 Å². The van der Waals surface area contributed by atoms with Gasteiger partial charge in [-0.1, -0.05) is 83.1 Å². The molecule has 0 fully saturated rings. The molecular formula is C17H34NS. The third kappa shape index (κ3) is 18.1. The quantitative estimate of drug-likeness (QED) is 0.302. The summed E-state index contributed by atoms with van der Waals surface area (Å²) in [6.45, 7) is 2.27. The number of hydrogen-bond acceptors (Lipinski definition) is 1. The van der Waals surface area contributed by atoms with Crippen molar-refractivity contribution in [2.45, 2.75) is 95.8 Å². The van der Waals surface area contributed by atoms with Crippen molar-refractivity contribution < 1.29 is 0 Å². The molecule has 1 radical (unpaired) electrons. The lowest BCUT2D eigenvalue weighted by atomic mass is 10.1. The molecule has 0 saturated carbocycles. The molecule has 0 aromatic heterocycles. The Hall–Kier alpha value is 0.0500. The molecule has 113 valence electrons. The summed E-state index contributed by atoms with van der Waals surface area (Å²) >= 11 is 4.94. The van der Waals surface area contributed by atoms with Crippen molar-refractivity contribution in [3.05, 3.63) is 12.2 Å². The van der Waals surface area contributed by atoms with Crippen LogP contribution in [-0.2, 0) is 0 Å². The van der Waals surface area contributed by atoms with E-state index in [9.17, 15) is 0 Å². The van der Waals surface area contributed by atoms with Gasteiger partial charge in [0.2, 0.25) is 0 Å². The van der Waals surface area contributed by atoms with Crippen molar-refractivity contribution in [3.8, 4) is 0 Å². The summed E-state index contributed by atoms with van der Waals surface area (Å²) in [6.07, 6.45) is 21.8. The van der Waals surface area contributed by atoms with Crippen molar-refractivity contribution in [1.82, 2.24) is 0 Å². The monoisotopic (exact) mass is 284 g/mol. The molecule has 0 rings (SSSR count). The molecule has 0 aromatic rings. The highest BCUT2D eigenvalue weighted by Gasteiger charge is 1.95. The first-order valence-electron chi connectivity index (χ1n) is 8.33. The van der Waals surface area contributed by atoms with Gasteiger partial charge < -0.3 is 5.73 Å². The third-order valence-corrected chi connectivity index (χ3v) is 3.74. The second-order valence-corrected chi connectivity index (χ2v) is 6.16. The summed E-state index contributed by atoms with van der Waals surface area (Å²) in [7, 11) is 0. The Labute approximate surface area is 126 Å². The summed E-state index contributed by atoms with van der Waals surface area (Å²) in [4.78, 5) is 0. The van der Waals surface area contributed by atoms with Gasteiger partial charge in [-0.15, -0.1) is 0 Å². The minimum absolute atomic E-state index is 0.0303. The van der Waals surface area contributed by atoms with Crippen LogP contribution < -0.4 is 5.73 Å². The predicted molar refractivity (Wildman–Crippen MR) is 90.4 cm³/mol. The Kier molecular flexibility index (Phi) is 16.1. The van der Waals surface area contributed by atoms with Crippen molar-refractivity contribution >= 4 is 12.6 Å². The number of nitrogens with two attached hydrogens (primary N) is 1. The number of unbranched alkanes of at least 4 members (excludes halogenated alkanes) is 10. The van der Waals surface area contributed by atoms with E-state index in [4.69, 9.17) is 18.4 Å². The smallest absolute Gasteiger partial charge is 0.0612 e. The van der Waals surface area contributed by atoms with Crippen LogP contribution in [0.2, 0.25) is 0 Å². The first-order valence-corrected chi connectivity index (χ1v) is 8.81. The lowest BCUT2D eigenvalue weighted by Gasteiger charge is -2.02. The lowest BCUT2D eigenvalue weighted by Crippen LogP contribution is -2.10. The molecule has 0 saturated heterocycles. The van der Waals surface area contributed by atoms with Crippen LogP contribution >= 0.6 is 12.6 Å². The van der Waals surface area contributed by atoms with E-state index in [0.717, 1.165) is 6.42 Å². The summed E-state index contributed by atoms with van der Waals surface area (Å²) in [5.74, 6) is 0. The molecular weight excluding hydrogens is 250 g/mol. The highest BCUT2D eigenvalue weighted by atomic mass is 32.1. The van der Waals surface area contributed by atoms with Crippen LogP contribution in [0.1, 0.15) is 90.4 Å². The van der Waals surface area contributed by atoms with Crippen LogP contribution in [0.4, 0.5) is 0 Å². The third-order valence-electron chi connectivity index (χ3n) is 3.50. The molecule has 0 amide bonds. The molecule has 1 atom stereocenters. The molecule has 0 aliphatic carbocycles. The summed E-state index contributed by atoms with van der Waals surface area (Å²) < 4.78 is 0. The lowest BCUT2D eigenvalue weighted by molar-refractivity contribution is 0.607. The molecule has 1 nitrogen and oxygen atoms in total. The molecule has 0 aliphatic rings. The Balaban J connectivity index is 3.05. The van der Waals surface area contributed by atoms with Crippen LogP contribution in [0.15, 0.2) is 12.2 Å². The van der Waals surface area contributed by atoms with Gasteiger partial charge in [0.05, 0.1) is 5.37 Å². The number of rotatable bonds is 14. The fraction of sp³-hybridized carbons (Fsp3) is 0.882. The summed E-state index contributed by atoms with van der Waals surface area (Å²) in [5, 5.41) is -0.0303. The van der Waals surface area contributed by atoms with Gasteiger partial charge in [-0.3, -0.25) is 0 Å². The highest BCUT2D eigenvalue weighted by Crippen LogP contribution is 2.10. The number of allylic oxidation sites excluding steroid dienone is 2. The summed E-state index contributed by atoms with van der Waals surface area (Å²) in [6, 6.07) is 0. The van der Waals surface area contributed by atoms with Gasteiger partial charge in [0.25, 0.3) is 0 Å². The van der Waals surface area contributed by atoms with Gasteiger partial charge in [-0.2, -0.15) is 0 Å². The Morgan fingerprint density at radius 2 is 1.26 bits per heavy atom. The Morgan fingerprint density at radius 1 is 0.789 bits per heavy atom. The Morgan fingerprint density at radius 3 is 1.79 bits per heavy atom. The zero-order valence-corrected chi connectivity index (χ0v) is 13.7. The minimum atomic E-state index is -0.0303. The zero-order valence-electron chi connectivity index (χ0n) is 12.9. The zero-order chi connectivity index (χ0) is 14.2. The largest absolute Gasteiger partial charge is 0.319 e. The maximum atomic E-state index is 5.54. The van der Waals surface area contributed by atoms with Gasteiger partial charge in [0, 0.05) is 0 Å². The molecule has 19 heavy (non-hydrogen) atoms. The van der Waals surface area contributed by atoms with E-state index >= 15 is 0 Å². The fourth-order valence-corrected chi connectivity index (χ4v) is 2.41. The first-order chi connectivity index (χ1) is 9.27. The van der Waals surface area contributed by atoms with Crippen LogP contribution in [-0.4, -0.2) is 5.37 Å². The van der Waals surface area contributed by atoms with Gasteiger partial charge >= 0.3 is 0 Å². The van der Waals surface area contributed by atoms with E-state index < -0.39 is 0 Å². The summed E-state index contributed by atoms with van der Waals surface area (Å²) in [5.41, 5.74) is 5.54. The molecule has 0 bridgehead atoms. The molecule has 0 aromatic carbocycles. The van der Waals surface area contributed by atoms with Crippen LogP contribution in [0, 0.1) is 0 Å². The molecule has 2 N–H and O–H groups in total. The Bertz CT molecular complexity index is 190. The van der Waals surface area contributed by atoms with Gasteiger partial charge in [0.1, 0.15) is 0 Å². The van der Waals surface area contributed by atoms with Crippen LogP contribution in [0.25, 0.3) is 0 Å². The van der Waals surface area contributed by atoms with Crippen LogP contribution in [0.3, 0.4) is 0 Å². The molecule has 0 spiro atoms. The van der Waals surface area contributed by atoms with E-state index in [1.54, 1.807) is 0 Å². The maximum Gasteiger partial charge on any atom is 0.0612 e. The SMILES string of the molecule is CCCCCCCC/C=C\CCCCCCC(N)[S]. The standard InChI is InChI=1S/C17H34NS/c1-2-3-4-5-6-7-8-9-10-11-12-13-14-15-16-17(18)19/h9-10,17H,2-8,11-16,18H2,1H3/b10-9-. The maximum absolute atomic E-state index is 5.54. The van der Waals surface area contributed by atoms with Crippen molar-refractivity contribution in [1.29, 1.82) is 0 Å². The molecule has 0 heterocycles. The van der Waals surface area contributed by atoms with Gasteiger partial charge in [0.15, 0.2) is 0 Å². The van der Waals surface area contributed by atoms with E-state index in [0.29, 0.717) is 0 Å². The average Bonchev–Trinajstić information content (AvgIpc) is 2.39. The second kappa shape index (κ2) is 16.1. The molecule has 0 aliphatic heterocycles. The highest BCUT2D eigenvalue weighted by molar-refractivity contribution is 7.80. The fourth-order valence-electron chi connectivity index (χ4n) is 2.24. The number of hydrogen-bond donors (Lipinski definition) is 1. The van der Waals surface area contributed by atoms with E-state index in [1.807, 2.05) is 0 Å². The second-order valence-electron chi connectivity index (χ2n) is 5.56.